The fourth-order valence-corrected chi connectivity index (χ4v) is 4.36. The zero-order chi connectivity index (χ0) is 29.6. The minimum absolute atomic E-state index is 0.0170. The highest BCUT2D eigenvalue weighted by Crippen LogP contribution is 2.27. The van der Waals surface area contributed by atoms with Crippen molar-refractivity contribution in [3.8, 4) is 0 Å². The number of nitrogens with one attached hydrogen (secondary N) is 2. The Morgan fingerprint density at radius 3 is 2.31 bits per heavy atom. The highest BCUT2D eigenvalue weighted by atomic mass is 32.1. The van der Waals surface area contributed by atoms with Gasteiger partial charge in [0, 0.05) is 18.8 Å². The summed E-state index contributed by atoms with van der Waals surface area (Å²) < 4.78 is 10.3. The molecule has 39 heavy (non-hydrogen) atoms. The molecule has 0 fully saturated rings. The van der Waals surface area contributed by atoms with E-state index < -0.39 is 41.6 Å². The summed E-state index contributed by atoms with van der Waals surface area (Å²) in [4.78, 5) is 53.5. The highest BCUT2D eigenvalue weighted by Gasteiger charge is 2.36. The first-order valence-electron chi connectivity index (χ1n) is 13.8. The van der Waals surface area contributed by atoms with E-state index in [1.807, 2.05) is 32.0 Å². The molecule has 0 radical (unpaired) electrons. The van der Waals surface area contributed by atoms with Crippen LogP contribution < -0.4 is 10.6 Å². The average Bonchev–Trinajstić information content (AvgIpc) is 2.84. The monoisotopic (exact) mass is 565 g/mol. The summed E-state index contributed by atoms with van der Waals surface area (Å²) in [6.07, 6.45) is 2.86. The summed E-state index contributed by atoms with van der Waals surface area (Å²) in [5, 5.41) is 5.44. The maximum atomic E-state index is 14.0. The molecule has 0 aromatic heterocycles. The molecule has 0 aliphatic rings. The molecule has 2 unspecified atom stereocenters. The van der Waals surface area contributed by atoms with Crippen LogP contribution in [0.25, 0.3) is 0 Å². The summed E-state index contributed by atoms with van der Waals surface area (Å²) in [6, 6.07) is 3.74. The van der Waals surface area contributed by atoms with E-state index >= 15 is 0 Å². The molecule has 9 nitrogen and oxygen atoms in total. The van der Waals surface area contributed by atoms with E-state index in [2.05, 4.69) is 30.2 Å². The van der Waals surface area contributed by atoms with Crippen LogP contribution in [-0.2, 0) is 23.9 Å². The number of alkyl carbamates (subject to hydrolysis) is 1. The first-order chi connectivity index (χ1) is 18.3. The Balaban J connectivity index is 3.40. The van der Waals surface area contributed by atoms with Gasteiger partial charge in [-0.2, -0.15) is 12.6 Å². The number of benzene rings is 1. The third-order valence-electron chi connectivity index (χ3n) is 5.92. The molecule has 0 saturated heterocycles. The molecule has 1 aromatic carbocycles. The molecule has 0 bridgehead atoms. The number of thiol groups is 1. The lowest BCUT2D eigenvalue weighted by Crippen LogP contribution is -2.54. The van der Waals surface area contributed by atoms with Crippen LogP contribution in [0.15, 0.2) is 18.2 Å². The van der Waals surface area contributed by atoms with Crippen LogP contribution in [0.1, 0.15) is 89.5 Å². The van der Waals surface area contributed by atoms with Gasteiger partial charge in [-0.1, -0.05) is 49.9 Å². The van der Waals surface area contributed by atoms with E-state index in [1.165, 1.54) is 4.90 Å². The zero-order valence-corrected chi connectivity index (χ0v) is 25.5. The normalized spacial score (nSPS) is 12.7. The highest BCUT2D eigenvalue weighted by molar-refractivity contribution is 7.80. The second-order valence-electron chi connectivity index (χ2n) is 10.6. The van der Waals surface area contributed by atoms with E-state index in [-0.39, 0.29) is 25.3 Å². The van der Waals surface area contributed by atoms with Crippen molar-refractivity contribution in [2.24, 2.45) is 0 Å². The van der Waals surface area contributed by atoms with Gasteiger partial charge in [0.25, 0.3) is 0 Å². The van der Waals surface area contributed by atoms with Crippen molar-refractivity contribution in [1.82, 2.24) is 15.5 Å². The molecule has 3 amide bonds. The van der Waals surface area contributed by atoms with Gasteiger partial charge in [-0.25, -0.2) is 4.79 Å². The summed E-state index contributed by atoms with van der Waals surface area (Å²) >= 11 is 4.33. The van der Waals surface area contributed by atoms with Crippen molar-refractivity contribution in [1.29, 1.82) is 0 Å². The number of nitrogens with zero attached hydrogens (tertiary/aromatic N) is 1. The summed E-state index contributed by atoms with van der Waals surface area (Å²) in [5.74, 6) is -1.23. The van der Waals surface area contributed by atoms with Gasteiger partial charge >= 0.3 is 12.1 Å². The van der Waals surface area contributed by atoms with E-state index in [0.717, 1.165) is 30.4 Å². The van der Waals surface area contributed by atoms with Gasteiger partial charge in [0.2, 0.25) is 11.8 Å². The molecule has 2 atom stereocenters. The lowest BCUT2D eigenvalue weighted by Gasteiger charge is -2.35. The van der Waals surface area contributed by atoms with E-state index in [4.69, 9.17) is 9.47 Å². The minimum Gasteiger partial charge on any atom is -0.466 e. The van der Waals surface area contributed by atoms with E-state index in [0.29, 0.717) is 18.5 Å². The third-order valence-corrected chi connectivity index (χ3v) is 6.29. The van der Waals surface area contributed by atoms with Gasteiger partial charge in [-0.05, 0) is 59.1 Å². The second kappa shape index (κ2) is 17.0. The quantitative estimate of drug-likeness (QED) is 0.162. The number of hydrogen-bond donors (Lipinski definition) is 3. The minimum atomic E-state index is -1.00. The van der Waals surface area contributed by atoms with Crippen molar-refractivity contribution < 1.29 is 28.7 Å². The second-order valence-corrected chi connectivity index (χ2v) is 10.9. The van der Waals surface area contributed by atoms with Gasteiger partial charge in [0.1, 0.15) is 17.7 Å². The summed E-state index contributed by atoms with van der Waals surface area (Å²) in [6.45, 7) is 13.5. The van der Waals surface area contributed by atoms with Crippen LogP contribution in [-0.4, -0.2) is 65.9 Å². The van der Waals surface area contributed by atoms with E-state index in [1.54, 1.807) is 27.7 Å². The Hall–Kier alpha value is -2.75. The molecule has 1 aromatic rings. The number of ether oxygens (including phenoxy) is 2. The SMILES string of the molecule is CCCCCCN(C(=O)C(CS)NC(=O)OC(C)(C)C)C(C(=O)NCCC(=O)OCC)c1ccc(C)cc1C. The Labute approximate surface area is 239 Å². The number of aryl methyl sites for hydroxylation is 2. The first kappa shape index (κ1) is 34.3. The Kier molecular flexibility index (Phi) is 15.0. The van der Waals surface area contributed by atoms with Crippen molar-refractivity contribution in [2.45, 2.75) is 98.3 Å². The molecular weight excluding hydrogens is 518 g/mol. The number of unbranched alkanes of at least 4 members (excludes halogenated alkanes) is 3. The van der Waals surface area contributed by atoms with Crippen LogP contribution in [0.5, 0.6) is 0 Å². The molecule has 0 aliphatic heterocycles. The Bertz CT molecular complexity index is 963. The Morgan fingerprint density at radius 1 is 1.05 bits per heavy atom. The van der Waals surface area contributed by atoms with Gasteiger partial charge in [0.15, 0.2) is 0 Å². The number of esters is 1. The molecular formula is C29H47N3O6S. The van der Waals surface area contributed by atoms with Gasteiger partial charge in [0.05, 0.1) is 13.0 Å². The number of carbonyl (C=O) groups excluding carboxylic acids is 4. The van der Waals surface area contributed by atoms with Crippen molar-refractivity contribution in [3.63, 3.8) is 0 Å². The predicted octanol–water partition coefficient (Wildman–Crippen LogP) is 4.65. The molecule has 2 N–H and O–H groups in total. The average molecular weight is 566 g/mol. The molecule has 10 heteroatoms. The Morgan fingerprint density at radius 2 is 1.74 bits per heavy atom. The molecule has 0 spiro atoms. The predicted molar refractivity (Wildman–Crippen MR) is 156 cm³/mol. The largest absolute Gasteiger partial charge is 0.466 e. The molecule has 220 valence electrons. The topological polar surface area (TPSA) is 114 Å². The summed E-state index contributed by atoms with van der Waals surface area (Å²) in [5.41, 5.74) is 1.81. The summed E-state index contributed by atoms with van der Waals surface area (Å²) in [7, 11) is 0. The van der Waals surface area contributed by atoms with Crippen LogP contribution in [0.3, 0.4) is 0 Å². The third kappa shape index (κ3) is 12.3. The van der Waals surface area contributed by atoms with Crippen LogP contribution in [0.2, 0.25) is 0 Å². The molecule has 1 rings (SSSR count). The van der Waals surface area contributed by atoms with Crippen molar-refractivity contribution >= 4 is 36.5 Å². The fourth-order valence-electron chi connectivity index (χ4n) is 4.11. The fraction of sp³-hybridized carbons (Fsp3) is 0.655. The van der Waals surface area contributed by atoms with Crippen LogP contribution in [0, 0.1) is 13.8 Å². The van der Waals surface area contributed by atoms with Gasteiger partial charge < -0.3 is 25.0 Å². The lowest BCUT2D eigenvalue weighted by molar-refractivity contribution is -0.144. The van der Waals surface area contributed by atoms with Crippen LogP contribution >= 0.6 is 12.6 Å². The molecule has 0 aliphatic carbocycles. The maximum Gasteiger partial charge on any atom is 0.408 e. The van der Waals surface area contributed by atoms with Crippen molar-refractivity contribution in [2.75, 3.05) is 25.4 Å². The smallest absolute Gasteiger partial charge is 0.408 e. The van der Waals surface area contributed by atoms with Crippen molar-refractivity contribution in [3.05, 3.63) is 34.9 Å². The molecule has 0 heterocycles. The maximum absolute atomic E-state index is 14.0. The number of amides is 3. The number of rotatable bonds is 15. The number of hydrogen-bond acceptors (Lipinski definition) is 7. The van der Waals surface area contributed by atoms with Gasteiger partial charge in [-0.3, -0.25) is 14.4 Å². The van der Waals surface area contributed by atoms with E-state index in [9.17, 15) is 19.2 Å². The standard InChI is InChI=1S/C29H47N3O6S/c1-8-10-11-12-17-32(27(35)23(19-39)31-28(36)38-29(5,6)7)25(22-14-13-20(3)18-21(22)4)26(34)30-16-15-24(33)37-9-2/h13-14,18,23,25,39H,8-12,15-17,19H2,1-7H3,(H,30,34)(H,31,36). The lowest BCUT2D eigenvalue weighted by atomic mass is 9.96. The van der Waals surface area contributed by atoms with Crippen LogP contribution in [0.4, 0.5) is 4.79 Å². The first-order valence-corrected chi connectivity index (χ1v) is 14.4. The zero-order valence-electron chi connectivity index (χ0n) is 24.6. The molecule has 0 saturated carbocycles. The number of carbonyl (C=O) groups is 4. The van der Waals surface area contributed by atoms with Gasteiger partial charge in [-0.15, -0.1) is 0 Å².